The van der Waals surface area contributed by atoms with Gasteiger partial charge in [0.2, 0.25) is 0 Å². The van der Waals surface area contributed by atoms with Gasteiger partial charge in [-0.15, -0.1) is 0 Å². The second-order valence-electron chi connectivity index (χ2n) is 4.20. The number of aliphatic hydroxyl groups excluding tert-OH is 1. The van der Waals surface area contributed by atoms with Crippen LogP contribution in [0.4, 0.5) is 0 Å². The van der Waals surface area contributed by atoms with Gasteiger partial charge in [0.15, 0.2) is 0 Å². The maximum absolute atomic E-state index is 9.07. The molecule has 0 radical (unpaired) electrons. The van der Waals surface area contributed by atoms with Gasteiger partial charge in [0.05, 0.1) is 6.61 Å². The molecule has 3 N–H and O–H groups in total. The Bertz CT molecular complexity index is 538. The molecule has 18 heavy (non-hydrogen) atoms. The molecule has 0 aliphatic rings. The van der Waals surface area contributed by atoms with E-state index in [-0.39, 0.29) is 6.61 Å². The Morgan fingerprint density at radius 3 is 2.56 bits per heavy atom. The molecule has 0 atom stereocenters. The molecule has 0 saturated carbocycles. The number of hydrogen-bond acceptors (Lipinski definition) is 3. The molecular weight excluding hydrogens is 226 g/mol. The largest absolute Gasteiger partial charge is 0.457 e. The van der Waals surface area contributed by atoms with Crippen molar-refractivity contribution in [2.45, 2.75) is 20.1 Å². The van der Waals surface area contributed by atoms with Crippen molar-refractivity contribution in [3.8, 4) is 11.5 Å². The van der Waals surface area contributed by atoms with E-state index in [2.05, 4.69) is 0 Å². The Morgan fingerprint density at radius 1 is 1.11 bits per heavy atom. The van der Waals surface area contributed by atoms with E-state index in [1.165, 1.54) is 0 Å². The molecule has 0 aliphatic heterocycles. The summed E-state index contributed by atoms with van der Waals surface area (Å²) in [6, 6.07) is 13.3. The molecule has 0 bridgehead atoms. The summed E-state index contributed by atoms with van der Waals surface area (Å²) in [5, 5.41) is 9.07. The first-order chi connectivity index (χ1) is 8.72. The van der Waals surface area contributed by atoms with Gasteiger partial charge in [-0.3, -0.25) is 0 Å². The van der Waals surface area contributed by atoms with Crippen LogP contribution in [0.5, 0.6) is 11.5 Å². The Balaban J connectivity index is 2.20. The minimum atomic E-state index is 0.0162. The number of nitrogens with two attached hydrogens (primary N) is 1. The maximum Gasteiger partial charge on any atom is 0.127 e. The van der Waals surface area contributed by atoms with E-state index >= 15 is 0 Å². The molecule has 3 nitrogen and oxygen atoms in total. The van der Waals surface area contributed by atoms with Crippen LogP contribution in [0, 0.1) is 6.92 Å². The molecule has 0 amide bonds. The molecule has 2 rings (SSSR count). The van der Waals surface area contributed by atoms with Gasteiger partial charge in [0.25, 0.3) is 0 Å². The standard InChI is InChI=1S/C15H17NO2/c1-11-7-15(6-5-13(11)9-16)18-14-4-2-3-12(8-14)10-17/h2-8,17H,9-10,16H2,1H3. The van der Waals surface area contributed by atoms with Gasteiger partial charge in [-0.1, -0.05) is 18.2 Å². The third kappa shape index (κ3) is 2.88. The summed E-state index contributed by atoms with van der Waals surface area (Å²) in [5.41, 5.74) is 8.69. The van der Waals surface area contributed by atoms with Gasteiger partial charge in [0.1, 0.15) is 11.5 Å². The zero-order valence-electron chi connectivity index (χ0n) is 10.4. The number of aliphatic hydroxyl groups is 1. The van der Waals surface area contributed by atoms with E-state index in [0.717, 1.165) is 28.2 Å². The minimum absolute atomic E-state index is 0.0162. The van der Waals surface area contributed by atoms with E-state index in [9.17, 15) is 0 Å². The quantitative estimate of drug-likeness (QED) is 0.868. The van der Waals surface area contributed by atoms with Crippen LogP contribution in [0.3, 0.4) is 0 Å². The first-order valence-corrected chi connectivity index (χ1v) is 5.90. The molecule has 0 aliphatic carbocycles. The van der Waals surface area contributed by atoms with Gasteiger partial charge in [-0.25, -0.2) is 0 Å². The summed E-state index contributed by atoms with van der Waals surface area (Å²) in [6.07, 6.45) is 0. The van der Waals surface area contributed by atoms with Crippen molar-refractivity contribution in [3.05, 3.63) is 59.2 Å². The third-order valence-electron chi connectivity index (χ3n) is 2.85. The van der Waals surface area contributed by atoms with Crippen LogP contribution in [-0.4, -0.2) is 5.11 Å². The summed E-state index contributed by atoms with van der Waals surface area (Å²) in [7, 11) is 0. The van der Waals surface area contributed by atoms with Crippen LogP contribution in [0.25, 0.3) is 0 Å². The lowest BCUT2D eigenvalue weighted by Crippen LogP contribution is -1.99. The SMILES string of the molecule is Cc1cc(Oc2cccc(CO)c2)ccc1CN. The van der Waals surface area contributed by atoms with Crippen molar-refractivity contribution in [1.82, 2.24) is 0 Å². The van der Waals surface area contributed by atoms with Crippen LogP contribution in [0.15, 0.2) is 42.5 Å². The number of rotatable bonds is 4. The molecule has 0 saturated heterocycles. The van der Waals surface area contributed by atoms with Gasteiger partial charge >= 0.3 is 0 Å². The molecule has 2 aromatic rings. The fourth-order valence-corrected chi connectivity index (χ4v) is 1.80. The fourth-order valence-electron chi connectivity index (χ4n) is 1.80. The van der Waals surface area contributed by atoms with Crippen molar-refractivity contribution in [2.24, 2.45) is 5.73 Å². The summed E-state index contributed by atoms with van der Waals surface area (Å²) in [5.74, 6) is 1.50. The van der Waals surface area contributed by atoms with Crippen molar-refractivity contribution >= 4 is 0 Å². The van der Waals surface area contributed by atoms with Gasteiger partial charge in [0, 0.05) is 6.54 Å². The average molecular weight is 243 g/mol. The Labute approximate surface area is 107 Å². The monoisotopic (exact) mass is 243 g/mol. The zero-order chi connectivity index (χ0) is 13.0. The van der Waals surface area contributed by atoms with Crippen LogP contribution in [0.1, 0.15) is 16.7 Å². The molecule has 0 aromatic heterocycles. The van der Waals surface area contributed by atoms with Crippen molar-refractivity contribution in [2.75, 3.05) is 0 Å². The normalized spacial score (nSPS) is 10.4. The molecule has 0 fully saturated rings. The van der Waals surface area contributed by atoms with Crippen molar-refractivity contribution in [3.63, 3.8) is 0 Å². The highest BCUT2D eigenvalue weighted by molar-refractivity contribution is 5.38. The highest BCUT2D eigenvalue weighted by atomic mass is 16.5. The Morgan fingerprint density at radius 2 is 1.89 bits per heavy atom. The number of benzene rings is 2. The number of aryl methyl sites for hydroxylation is 1. The number of hydrogen-bond donors (Lipinski definition) is 2. The second kappa shape index (κ2) is 5.67. The lowest BCUT2D eigenvalue weighted by atomic mass is 10.1. The Kier molecular flexibility index (Phi) is 3.97. The molecule has 0 heterocycles. The topological polar surface area (TPSA) is 55.5 Å². The van der Waals surface area contributed by atoms with Crippen LogP contribution < -0.4 is 10.5 Å². The van der Waals surface area contributed by atoms with Crippen molar-refractivity contribution in [1.29, 1.82) is 0 Å². The first kappa shape index (κ1) is 12.6. The van der Waals surface area contributed by atoms with Crippen LogP contribution in [0.2, 0.25) is 0 Å². The summed E-state index contributed by atoms with van der Waals surface area (Å²) >= 11 is 0. The van der Waals surface area contributed by atoms with E-state index in [4.69, 9.17) is 15.6 Å². The van der Waals surface area contributed by atoms with E-state index < -0.39 is 0 Å². The second-order valence-corrected chi connectivity index (χ2v) is 4.20. The molecule has 0 unspecified atom stereocenters. The predicted molar refractivity (Wildman–Crippen MR) is 71.5 cm³/mol. The third-order valence-corrected chi connectivity index (χ3v) is 2.85. The smallest absolute Gasteiger partial charge is 0.127 e. The van der Waals surface area contributed by atoms with Crippen LogP contribution >= 0.6 is 0 Å². The molecule has 3 heteroatoms. The lowest BCUT2D eigenvalue weighted by Gasteiger charge is -2.09. The highest BCUT2D eigenvalue weighted by Gasteiger charge is 2.02. The highest BCUT2D eigenvalue weighted by Crippen LogP contribution is 2.24. The molecular formula is C15H17NO2. The average Bonchev–Trinajstić information content (AvgIpc) is 2.39. The van der Waals surface area contributed by atoms with Gasteiger partial charge in [-0.05, 0) is 47.9 Å². The summed E-state index contributed by atoms with van der Waals surface area (Å²) < 4.78 is 5.75. The molecule has 0 spiro atoms. The van der Waals surface area contributed by atoms with E-state index in [1.54, 1.807) is 0 Å². The van der Waals surface area contributed by atoms with Gasteiger partial charge in [-0.2, -0.15) is 0 Å². The minimum Gasteiger partial charge on any atom is -0.457 e. The lowest BCUT2D eigenvalue weighted by molar-refractivity contribution is 0.281. The summed E-state index contributed by atoms with van der Waals surface area (Å²) in [6.45, 7) is 2.56. The van der Waals surface area contributed by atoms with Gasteiger partial charge < -0.3 is 15.6 Å². The zero-order valence-corrected chi connectivity index (χ0v) is 10.4. The first-order valence-electron chi connectivity index (χ1n) is 5.90. The predicted octanol–water partition coefficient (Wildman–Crippen LogP) is 2.74. The number of ether oxygens (including phenoxy) is 1. The Hall–Kier alpha value is -1.84. The van der Waals surface area contributed by atoms with E-state index in [1.807, 2.05) is 49.4 Å². The van der Waals surface area contributed by atoms with E-state index in [0.29, 0.717) is 6.54 Å². The summed E-state index contributed by atoms with van der Waals surface area (Å²) in [4.78, 5) is 0. The van der Waals surface area contributed by atoms with Crippen molar-refractivity contribution < 1.29 is 9.84 Å². The van der Waals surface area contributed by atoms with Crippen LogP contribution in [-0.2, 0) is 13.2 Å². The fraction of sp³-hybridized carbons (Fsp3) is 0.200. The molecule has 94 valence electrons. The molecule has 2 aromatic carbocycles. The maximum atomic E-state index is 9.07.